The number of aryl methyl sites for hydroxylation is 1. The smallest absolute Gasteiger partial charge is 0.430 e. The summed E-state index contributed by atoms with van der Waals surface area (Å²) in [6, 6.07) is 12.1. The van der Waals surface area contributed by atoms with E-state index in [9.17, 15) is 32.7 Å². The van der Waals surface area contributed by atoms with Gasteiger partial charge in [-0.3, -0.25) is 14.9 Å². The fourth-order valence-electron chi connectivity index (χ4n) is 4.98. The van der Waals surface area contributed by atoms with Crippen LogP contribution >= 0.6 is 0 Å². The number of H-pyrrole nitrogens is 1. The molecule has 252 valence electrons. The van der Waals surface area contributed by atoms with Crippen LogP contribution in [0.15, 0.2) is 53.7 Å². The SMILES string of the molecule is CCC(=O)CCCCCC(NC(=O)Cc1c(C)[nH]c2ccc(OC)cc12)C1=NC(c2cccc(C(=O)O)c2)=C[NH2+]1.O=C([O-])C(F)(F)F. The van der Waals surface area contributed by atoms with Gasteiger partial charge in [0.15, 0.2) is 0 Å². The van der Waals surface area contributed by atoms with Crippen molar-refractivity contribution in [1.29, 1.82) is 0 Å². The first kappa shape index (κ1) is 36.5. The van der Waals surface area contributed by atoms with E-state index in [1.807, 2.05) is 49.6 Å². The lowest BCUT2D eigenvalue weighted by atomic mass is 10.0. The van der Waals surface area contributed by atoms with Crippen molar-refractivity contribution in [2.75, 3.05) is 7.11 Å². The van der Waals surface area contributed by atoms with Crippen LogP contribution in [0.4, 0.5) is 13.2 Å². The summed E-state index contributed by atoms with van der Waals surface area (Å²) in [5.74, 6) is -2.39. The van der Waals surface area contributed by atoms with Gasteiger partial charge in [-0.1, -0.05) is 31.9 Å². The van der Waals surface area contributed by atoms with Crippen LogP contribution in [0, 0.1) is 6.92 Å². The van der Waals surface area contributed by atoms with Crippen LogP contribution in [0.25, 0.3) is 16.6 Å². The summed E-state index contributed by atoms with van der Waals surface area (Å²) >= 11 is 0. The van der Waals surface area contributed by atoms with Crippen molar-refractivity contribution < 1.29 is 52.6 Å². The Morgan fingerprint density at radius 3 is 2.47 bits per heavy atom. The van der Waals surface area contributed by atoms with Crippen LogP contribution in [0.1, 0.15) is 72.6 Å². The predicted molar refractivity (Wildman–Crippen MR) is 165 cm³/mol. The quantitative estimate of drug-likeness (QED) is 0.192. The highest BCUT2D eigenvalue weighted by Gasteiger charge is 2.29. The number of aliphatic carboxylic acids is 1. The molecule has 1 amide bonds. The van der Waals surface area contributed by atoms with Gasteiger partial charge in [0.05, 0.1) is 19.1 Å². The molecule has 2 heterocycles. The molecule has 0 spiro atoms. The molecule has 1 atom stereocenters. The van der Waals surface area contributed by atoms with E-state index in [4.69, 9.17) is 19.6 Å². The molecular weight excluding hydrogens is 621 g/mol. The molecule has 0 saturated heterocycles. The van der Waals surface area contributed by atoms with Crippen LogP contribution in [-0.4, -0.2) is 58.9 Å². The van der Waals surface area contributed by atoms with Crippen molar-refractivity contribution in [3.05, 3.63) is 71.0 Å². The number of amides is 1. The second-order valence-corrected chi connectivity index (χ2v) is 10.9. The molecule has 1 unspecified atom stereocenters. The first-order chi connectivity index (χ1) is 22.2. The van der Waals surface area contributed by atoms with Crippen molar-refractivity contribution in [1.82, 2.24) is 10.3 Å². The third-order valence-electron chi connectivity index (χ3n) is 7.50. The Morgan fingerprint density at radius 1 is 1.11 bits per heavy atom. The molecule has 14 heteroatoms. The largest absolute Gasteiger partial charge is 0.542 e. The third-order valence-corrected chi connectivity index (χ3v) is 7.50. The molecule has 5 N–H and O–H groups in total. The number of carboxylic acids is 2. The van der Waals surface area contributed by atoms with Crippen LogP contribution in [0.3, 0.4) is 0 Å². The number of alkyl halides is 3. The van der Waals surface area contributed by atoms with Gasteiger partial charge >= 0.3 is 12.1 Å². The number of ketones is 1. The Balaban J connectivity index is 0.000000771. The Kier molecular flexibility index (Phi) is 12.8. The summed E-state index contributed by atoms with van der Waals surface area (Å²) < 4.78 is 36.9. The van der Waals surface area contributed by atoms with Gasteiger partial charge in [-0.15, -0.1) is 0 Å². The summed E-state index contributed by atoms with van der Waals surface area (Å²) in [4.78, 5) is 53.4. The van der Waals surface area contributed by atoms with Crippen molar-refractivity contribution in [3.8, 4) is 5.75 Å². The Morgan fingerprint density at radius 2 is 1.83 bits per heavy atom. The molecule has 0 fully saturated rings. The number of amidine groups is 1. The van der Waals surface area contributed by atoms with E-state index in [0.717, 1.165) is 53.0 Å². The van der Waals surface area contributed by atoms with Crippen molar-refractivity contribution >= 4 is 46.1 Å². The summed E-state index contributed by atoms with van der Waals surface area (Å²) in [7, 11) is 1.62. The van der Waals surface area contributed by atoms with Gasteiger partial charge in [-0.2, -0.15) is 18.2 Å². The number of methoxy groups -OCH3 is 1. The van der Waals surface area contributed by atoms with E-state index in [-0.39, 0.29) is 29.7 Å². The zero-order chi connectivity index (χ0) is 34.7. The van der Waals surface area contributed by atoms with Crippen LogP contribution in [-0.2, 0) is 20.8 Å². The lowest BCUT2D eigenvalue weighted by molar-refractivity contribution is -0.461. The van der Waals surface area contributed by atoms with E-state index in [1.54, 1.807) is 25.3 Å². The zero-order valence-corrected chi connectivity index (χ0v) is 26.2. The maximum absolute atomic E-state index is 13.4. The number of carboxylic acid groups (broad SMARTS) is 2. The van der Waals surface area contributed by atoms with Crippen molar-refractivity contribution in [2.24, 2.45) is 4.99 Å². The lowest BCUT2D eigenvalue weighted by Gasteiger charge is -2.17. The summed E-state index contributed by atoms with van der Waals surface area (Å²) in [6.07, 6.45) is 1.22. The second-order valence-electron chi connectivity index (χ2n) is 10.9. The molecule has 0 aliphatic carbocycles. The number of ether oxygens (including phenoxy) is 1. The number of nitrogens with zero attached hydrogens (tertiary/aromatic N) is 1. The molecule has 3 aromatic rings. The number of aromatic carboxylic acids is 1. The van der Waals surface area contributed by atoms with Gasteiger partial charge in [-0.05, 0) is 55.7 Å². The number of aromatic amines is 1. The normalized spacial score (nSPS) is 13.2. The molecule has 11 nitrogen and oxygen atoms in total. The number of nitrogens with one attached hydrogen (secondary N) is 2. The van der Waals surface area contributed by atoms with Gasteiger partial charge in [0.2, 0.25) is 11.7 Å². The molecule has 1 aliphatic heterocycles. The average Bonchev–Trinajstić information content (AvgIpc) is 3.64. The minimum atomic E-state index is -5.19. The first-order valence-corrected chi connectivity index (χ1v) is 14.9. The highest BCUT2D eigenvalue weighted by molar-refractivity contribution is 5.95. The standard InChI is InChI=1S/C31H36N4O5.C2HF3O2/c1-4-22(36)11-6-5-7-12-27(30-32-18-28(35-30)20-9-8-10-21(15-20)31(38)39)34-29(37)17-24-19(2)33-26-14-13-23(40-3)16-25(24)26;3-2(4,5)1(6)7/h8-10,13-16,18,27,33H,4-7,11-12,17H2,1-3H3,(H,32,35)(H,34,37)(H,38,39);(H,6,7). The average molecular weight is 659 g/mol. The van der Waals surface area contributed by atoms with E-state index in [2.05, 4.69) is 10.3 Å². The fraction of sp³-hybridized carbons (Fsp3) is 0.364. The molecule has 47 heavy (non-hydrogen) atoms. The van der Waals surface area contributed by atoms with Crippen molar-refractivity contribution in [3.63, 3.8) is 0 Å². The van der Waals surface area contributed by atoms with Crippen LogP contribution in [0.2, 0.25) is 0 Å². The number of benzene rings is 2. The number of halogens is 3. The number of unbranched alkanes of at least 4 members (excludes halogenated alkanes) is 2. The molecule has 1 aromatic heterocycles. The number of Topliss-reactive ketones (excluding diaryl/α,β-unsaturated/α-hetero) is 1. The number of quaternary nitrogens is 1. The van der Waals surface area contributed by atoms with Gasteiger partial charge in [-0.25, -0.2) is 4.79 Å². The number of rotatable bonds is 14. The zero-order valence-electron chi connectivity index (χ0n) is 26.2. The van der Waals surface area contributed by atoms with E-state index in [0.29, 0.717) is 30.5 Å². The summed E-state index contributed by atoms with van der Waals surface area (Å²) in [5.41, 5.74) is 4.36. The summed E-state index contributed by atoms with van der Waals surface area (Å²) in [6.45, 7) is 3.84. The minimum Gasteiger partial charge on any atom is -0.542 e. The number of carbonyl (C=O) groups is 4. The van der Waals surface area contributed by atoms with E-state index < -0.39 is 18.1 Å². The first-order valence-electron chi connectivity index (χ1n) is 14.9. The van der Waals surface area contributed by atoms with Crippen LogP contribution < -0.4 is 20.5 Å². The van der Waals surface area contributed by atoms with E-state index in [1.165, 1.54) is 0 Å². The number of fused-ring (bicyclic) bond motifs is 1. The molecule has 0 radical (unpaired) electrons. The Labute approximate surface area is 268 Å². The highest BCUT2D eigenvalue weighted by Crippen LogP contribution is 2.27. The molecule has 2 aromatic carbocycles. The molecule has 0 bridgehead atoms. The highest BCUT2D eigenvalue weighted by atomic mass is 19.4. The second kappa shape index (κ2) is 16.5. The number of nitrogens with two attached hydrogens (primary N) is 1. The number of hydrogen-bond acceptors (Lipinski definition) is 7. The predicted octanol–water partition coefficient (Wildman–Crippen LogP) is 3.41. The monoisotopic (exact) mass is 658 g/mol. The lowest BCUT2D eigenvalue weighted by Crippen LogP contribution is -2.85. The van der Waals surface area contributed by atoms with Crippen LogP contribution in [0.5, 0.6) is 5.75 Å². The number of hydrogen-bond donors (Lipinski definition) is 4. The maximum Gasteiger partial charge on any atom is 0.430 e. The van der Waals surface area contributed by atoms with Gasteiger partial charge in [0.25, 0.3) is 0 Å². The Hall–Kier alpha value is -4.98. The molecule has 1 aliphatic rings. The van der Waals surface area contributed by atoms with E-state index >= 15 is 0 Å². The number of aromatic nitrogens is 1. The maximum atomic E-state index is 13.4. The molecule has 0 saturated carbocycles. The number of carbonyl (C=O) groups excluding carboxylic acids is 3. The minimum absolute atomic E-state index is 0.115. The van der Waals surface area contributed by atoms with Gasteiger partial charge in [0, 0.05) is 35.0 Å². The number of aliphatic imine (C=N–C) groups is 1. The fourth-order valence-corrected chi connectivity index (χ4v) is 4.98. The molecular formula is C33H37F3N4O7. The van der Waals surface area contributed by atoms with Crippen molar-refractivity contribution in [2.45, 2.75) is 71.0 Å². The van der Waals surface area contributed by atoms with Gasteiger partial charge in [0.1, 0.15) is 35.4 Å². The van der Waals surface area contributed by atoms with Gasteiger partial charge < -0.3 is 30.0 Å². The third kappa shape index (κ3) is 10.5. The topological polar surface area (TPSA) is 178 Å². The summed E-state index contributed by atoms with van der Waals surface area (Å²) in [5, 5.41) is 24.2. The molecule has 4 rings (SSSR count). The Bertz CT molecular complexity index is 1680.